The maximum absolute atomic E-state index is 12.7. The third-order valence-electron chi connectivity index (χ3n) is 4.43. The number of carbonyl (C=O) groups is 1. The highest BCUT2D eigenvalue weighted by Gasteiger charge is 2.45. The zero-order valence-corrected chi connectivity index (χ0v) is 13.8. The maximum atomic E-state index is 12.7. The number of benzene rings is 1. The van der Waals surface area contributed by atoms with Gasteiger partial charge in [-0.15, -0.1) is 0 Å². The molecule has 1 saturated heterocycles. The first kappa shape index (κ1) is 16.2. The van der Waals surface area contributed by atoms with Gasteiger partial charge in [0.25, 0.3) is 15.9 Å². The number of ether oxygens (including phenoxy) is 1. The van der Waals surface area contributed by atoms with Gasteiger partial charge in [0.05, 0.1) is 11.0 Å². The van der Waals surface area contributed by atoms with Crippen molar-refractivity contribution in [1.82, 2.24) is 4.31 Å². The number of hydrogen-bond donors (Lipinski definition) is 1. The van der Waals surface area contributed by atoms with Crippen LogP contribution in [-0.2, 0) is 19.6 Å². The van der Waals surface area contributed by atoms with Gasteiger partial charge in [-0.25, -0.2) is 12.7 Å². The lowest BCUT2D eigenvalue weighted by Crippen LogP contribution is -2.33. The summed E-state index contributed by atoms with van der Waals surface area (Å²) < 4.78 is 31.5. The number of sulfonamides is 1. The molecule has 23 heavy (non-hydrogen) atoms. The van der Waals surface area contributed by atoms with Crippen molar-refractivity contribution in [1.29, 1.82) is 0 Å². The summed E-state index contributed by atoms with van der Waals surface area (Å²) >= 11 is 0. The van der Waals surface area contributed by atoms with E-state index in [-0.39, 0.29) is 17.4 Å². The molecule has 0 aromatic heterocycles. The third-order valence-corrected chi connectivity index (χ3v) is 6.19. The highest BCUT2D eigenvalue weighted by atomic mass is 32.2. The number of amides is 1. The average Bonchev–Trinajstić information content (AvgIpc) is 2.83. The molecular weight excluding hydrogens is 318 g/mol. The number of aryl methyl sites for hydroxylation is 1. The van der Waals surface area contributed by atoms with Crippen molar-refractivity contribution in [2.24, 2.45) is 5.92 Å². The Morgan fingerprint density at radius 3 is 2.52 bits per heavy atom. The molecule has 0 bridgehead atoms. The number of fused-ring (bicyclic) bond motifs is 1. The molecule has 1 amide bonds. The fourth-order valence-electron chi connectivity index (χ4n) is 3.09. The lowest BCUT2D eigenvalue weighted by molar-refractivity contribution is -0.120. The smallest absolute Gasteiger partial charge is 0.266 e. The van der Waals surface area contributed by atoms with E-state index in [4.69, 9.17) is 4.74 Å². The van der Waals surface area contributed by atoms with Crippen molar-refractivity contribution in [2.45, 2.75) is 30.4 Å². The zero-order chi connectivity index (χ0) is 16.8. The Hall–Kier alpha value is -1.70. The summed E-state index contributed by atoms with van der Waals surface area (Å²) in [5.41, 5.74) is 1.36. The van der Waals surface area contributed by atoms with Gasteiger partial charge in [0.1, 0.15) is 6.10 Å². The second-order valence-corrected chi connectivity index (χ2v) is 7.84. The van der Waals surface area contributed by atoms with Crippen LogP contribution in [0.15, 0.2) is 40.8 Å². The Labute approximate surface area is 135 Å². The van der Waals surface area contributed by atoms with E-state index in [1.54, 1.807) is 18.2 Å². The van der Waals surface area contributed by atoms with Crippen LogP contribution >= 0.6 is 0 Å². The quantitative estimate of drug-likeness (QED) is 0.884. The molecule has 1 fully saturated rings. The van der Waals surface area contributed by atoms with Crippen molar-refractivity contribution < 1.29 is 23.1 Å². The highest BCUT2D eigenvalue weighted by Crippen LogP contribution is 2.36. The van der Waals surface area contributed by atoms with Crippen LogP contribution in [0.2, 0.25) is 0 Å². The molecule has 0 radical (unpaired) electrons. The number of carbonyl (C=O) groups excluding carboxylic acids is 1. The molecule has 2 aliphatic rings. The molecule has 1 heterocycles. The van der Waals surface area contributed by atoms with Crippen LogP contribution < -0.4 is 0 Å². The zero-order valence-electron chi connectivity index (χ0n) is 13.0. The Morgan fingerprint density at radius 1 is 1.26 bits per heavy atom. The molecule has 3 rings (SSSR count). The van der Waals surface area contributed by atoms with E-state index in [0.717, 1.165) is 9.87 Å². The summed E-state index contributed by atoms with van der Waals surface area (Å²) in [4.78, 5) is 12.6. The first-order valence-electron chi connectivity index (χ1n) is 7.41. The Bertz CT molecular complexity index is 753. The number of aliphatic hydroxyl groups is 1. The van der Waals surface area contributed by atoms with Gasteiger partial charge in [0.15, 0.2) is 0 Å². The van der Waals surface area contributed by atoms with E-state index in [9.17, 15) is 18.3 Å². The van der Waals surface area contributed by atoms with Crippen LogP contribution in [0.4, 0.5) is 0 Å². The molecule has 1 aromatic rings. The van der Waals surface area contributed by atoms with Crippen LogP contribution in [0.25, 0.3) is 0 Å². The number of nitrogens with zero attached hydrogens (tertiary/aromatic N) is 1. The second kappa shape index (κ2) is 5.74. The summed E-state index contributed by atoms with van der Waals surface area (Å²) in [5, 5.41) is 9.99. The first-order chi connectivity index (χ1) is 10.8. The van der Waals surface area contributed by atoms with E-state index >= 15 is 0 Å². The predicted octanol–water partition coefficient (Wildman–Crippen LogP) is 0.848. The van der Waals surface area contributed by atoms with Crippen molar-refractivity contribution in [2.75, 3.05) is 13.7 Å². The van der Waals surface area contributed by atoms with Crippen molar-refractivity contribution in [3.05, 3.63) is 41.5 Å². The van der Waals surface area contributed by atoms with E-state index in [0.29, 0.717) is 12.0 Å². The minimum Gasteiger partial charge on any atom is -0.390 e. The fourth-order valence-corrected chi connectivity index (χ4v) is 4.53. The van der Waals surface area contributed by atoms with Crippen molar-refractivity contribution in [3.8, 4) is 0 Å². The molecule has 0 spiro atoms. The Balaban J connectivity index is 1.94. The predicted molar refractivity (Wildman–Crippen MR) is 83.1 cm³/mol. The number of rotatable bonds is 3. The van der Waals surface area contributed by atoms with Gasteiger partial charge in [-0.2, -0.15) is 0 Å². The van der Waals surface area contributed by atoms with Gasteiger partial charge in [0, 0.05) is 25.1 Å². The first-order valence-corrected chi connectivity index (χ1v) is 8.85. The summed E-state index contributed by atoms with van der Waals surface area (Å²) in [6.07, 6.45) is 0.553. The molecule has 7 heteroatoms. The Kier molecular flexibility index (Phi) is 4.03. The van der Waals surface area contributed by atoms with E-state index in [2.05, 4.69) is 0 Å². The molecule has 0 unspecified atom stereocenters. The highest BCUT2D eigenvalue weighted by molar-refractivity contribution is 7.89. The van der Waals surface area contributed by atoms with Gasteiger partial charge in [-0.1, -0.05) is 17.7 Å². The van der Waals surface area contributed by atoms with E-state index in [1.807, 2.05) is 6.92 Å². The molecule has 1 aromatic carbocycles. The molecule has 124 valence electrons. The Morgan fingerprint density at radius 2 is 1.91 bits per heavy atom. The minimum atomic E-state index is -3.88. The van der Waals surface area contributed by atoms with Crippen LogP contribution in [0.5, 0.6) is 0 Å². The molecule has 1 N–H and O–H groups in total. The standard InChI is InChI=1S/C16H19NO5S/c1-10-3-5-12(6-4-10)23(20,21)17-9-11-7-14(18)15(22-2)8-13(11)16(17)19/h3-6,8,11,14-15,18H,7,9H2,1-2H3/t11-,14+,15+/m0/s1. The van der Waals surface area contributed by atoms with Gasteiger partial charge >= 0.3 is 0 Å². The van der Waals surface area contributed by atoms with E-state index < -0.39 is 28.1 Å². The third kappa shape index (κ3) is 2.69. The summed E-state index contributed by atoms with van der Waals surface area (Å²) in [5.74, 6) is -0.811. The van der Waals surface area contributed by atoms with Gasteiger partial charge < -0.3 is 9.84 Å². The summed E-state index contributed by atoms with van der Waals surface area (Å²) in [6.45, 7) is 1.93. The summed E-state index contributed by atoms with van der Waals surface area (Å²) in [7, 11) is -2.43. The lowest BCUT2D eigenvalue weighted by atomic mass is 9.86. The van der Waals surface area contributed by atoms with Crippen LogP contribution in [-0.4, -0.2) is 49.6 Å². The molecular formula is C16H19NO5S. The largest absolute Gasteiger partial charge is 0.390 e. The molecule has 1 aliphatic carbocycles. The van der Waals surface area contributed by atoms with Gasteiger partial charge in [-0.05, 0) is 31.6 Å². The van der Waals surface area contributed by atoms with Gasteiger partial charge in [0.2, 0.25) is 0 Å². The van der Waals surface area contributed by atoms with Crippen LogP contribution in [0.3, 0.4) is 0 Å². The molecule has 3 atom stereocenters. The molecule has 6 nitrogen and oxygen atoms in total. The average molecular weight is 337 g/mol. The van der Waals surface area contributed by atoms with Gasteiger partial charge in [-0.3, -0.25) is 4.79 Å². The van der Waals surface area contributed by atoms with Crippen molar-refractivity contribution >= 4 is 15.9 Å². The van der Waals surface area contributed by atoms with Crippen molar-refractivity contribution in [3.63, 3.8) is 0 Å². The van der Waals surface area contributed by atoms with Crippen LogP contribution in [0.1, 0.15) is 12.0 Å². The number of hydrogen-bond acceptors (Lipinski definition) is 5. The SMILES string of the molecule is CO[C@@H]1C=C2C(=O)N(S(=O)(=O)c3ccc(C)cc3)C[C@@H]2C[C@H]1O. The lowest BCUT2D eigenvalue weighted by Gasteiger charge is -2.26. The van der Waals surface area contributed by atoms with E-state index in [1.165, 1.54) is 19.2 Å². The minimum absolute atomic E-state index is 0.0639. The van der Waals surface area contributed by atoms with Crippen LogP contribution in [0, 0.1) is 12.8 Å². The topological polar surface area (TPSA) is 83.9 Å². The summed E-state index contributed by atoms with van der Waals surface area (Å²) in [6, 6.07) is 6.40. The number of methoxy groups -OCH3 is 1. The fraction of sp³-hybridized carbons (Fsp3) is 0.438. The molecule has 1 aliphatic heterocycles. The normalized spacial score (nSPS) is 27.8. The monoisotopic (exact) mass is 337 g/mol. The second-order valence-electron chi connectivity index (χ2n) is 5.98. The molecule has 0 saturated carbocycles. The number of aliphatic hydroxyl groups excluding tert-OH is 1. The maximum Gasteiger partial charge on any atom is 0.266 e.